The highest BCUT2D eigenvalue weighted by Crippen LogP contribution is 2.20. The first-order valence-corrected chi connectivity index (χ1v) is 6.29. The summed E-state index contributed by atoms with van der Waals surface area (Å²) in [7, 11) is 0. The molecule has 2 rings (SSSR count). The first-order chi connectivity index (χ1) is 10.1. The normalized spacial score (nSPS) is 10.2. The number of hydrogen-bond acceptors (Lipinski definition) is 4. The number of anilines is 1. The van der Waals surface area contributed by atoms with Crippen LogP contribution in [0.1, 0.15) is 11.3 Å². The highest BCUT2D eigenvalue weighted by Gasteiger charge is 2.06. The second kappa shape index (κ2) is 6.86. The maximum absolute atomic E-state index is 12.0. The number of rotatable bonds is 5. The third-order valence-corrected chi connectivity index (χ3v) is 2.82. The van der Waals surface area contributed by atoms with E-state index in [2.05, 4.69) is 15.0 Å². The third-order valence-electron chi connectivity index (χ3n) is 2.58. The van der Waals surface area contributed by atoms with E-state index in [1.165, 1.54) is 12.3 Å². The van der Waals surface area contributed by atoms with Crippen molar-refractivity contribution in [1.29, 1.82) is 5.26 Å². The Morgan fingerprint density at radius 3 is 2.76 bits per heavy atom. The third kappa shape index (κ3) is 4.29. The molecule has 0 aliphatic carbocycles. The molecule has 0 spiro atoms. The molecule has 7 heteroatoms. The van der Waals surface area contributed by atoms with E-state index in [9.17, 15) is 8.78 Å². The van der Waals surface area contributed by atoms with E-state index in [0.717, 1.165) is 0 Å². The number of alkyl halides is 2. The fourth-order valence-electron chi connectivity index (χ4n) is 1.64. The van der Waals surface area contributed by atoms with E-state index in [1.807, 2.05) is 6.07 Å². The Labute approximate surface area is 124 Å². The van der Waals surface area contributed by atoms with E-state index >= 15 is 0 Å². The SMILES string of the molecule is N#Cc1cc(Cl)ccc1NCc1ccc(OC(F)F)cn1. The van der Waals surface area contributed by atoms with Gasteiger partial charge >= 0.3 is 6.61 Å². The molecule has 1 aromatic heterocycles. The summed E-state index contributed by atoms with van der Waals surface area (Å²) >= 11 is 5.81. The predicted octanol–water partition coefficient (Wildman–Crippen LogP) is 3.82. The van der Waals surface area contributed by atoms with Crippen LogP contribution in [0.3, 0.4) is 0 Å². The molecular weight excluding hydrogens is 300 g/mol. The van der Waals surface area contributed by atoms with E-state index in [4.69, 9.17) is 16.9 Å². The highest BCUT2D eigenvalue weighted by atomic mass is 35.5. The van der Waals surface area contributed by atoms with Crippen LogP contribution in [0, 0.1) is 11.3 Å². The van der Waals surface area contributed by atoms with Gasteiger partial charge < -0.3 is 10.1 Å². The number of aromatic nitrogens is 1. The molecule has 4 nitrogen and oxygen atoms in total. The zero-order valence-corrected chi connectivity index (χ0v) is 11.4. The Bertz CT molecular complexity index is 656. The first kappa shape index (κ1) is 15.0. The van der Waals surface area contributed by atoms with Crippen molar-refractivity contribution >= 4 is 17.3 Å². The van der Waals surface area contributed by atoms with Crippen LogP contribution in [-0.2, 0) is 6.54 Å². The maximum Gasteiger partial charge on any atom is 0.387 e. The van der Waals surface area contributed by atoms with Gasteiger partial charge in [-0.1, -0.05) is 11.6 Å². The van der Waals surface area contributed by atoms with Gasteiger partial charge in [0.2, 0.25) is 0 Å². The zero-order chi connectivity index (χ0) is 15.2. The molecule has 0 saturated heterocycles. The minimum absolute atomic E-state index is 0.00189. The molecule has 0 atom stereocenters. The van der Waals surface area contributed by atoms with Crippen molar-refractivity contribution in [3.8, 4) is 11.8 Å². The topological polar surface area (TPSA) is 57.9 Å². The van der Waals surface area contributed by atoms with Crippen LogP contribution < -0.4 is 10.1 Å². The van der Waals surface area contributed by atoms with Gasteiger partial charge in [0.25, 0.3) is 0 Å². The monoisotopic (exact) mass is 309 g/mol. The lowest BCUT2D eigenvalue weighted by molar-refractivity contribution is -0.0500. The van der Waals surface area contributed by atoms with Crippen molar-refractivity contribution < 1.29 is 13.5 Å². The zero-order valence-electron chi connectivity index (χ0n) is 10.7. The molecule has 0 radical (unpaired) electrons. The predicted molar refractivity (Wildman–Crippen MR) is 74.4 cm³/mol. The molecular formula is C14H10ClF2N3O. The van der Waals surface area contributed by atoms with Gasteiger partial charge in [-0.15, -0.1) is 0 Å². The summed E-state index contributed by atoms with van der Waals surface area (Å²) in [5.74, 6) is -0.00189. The van der Waals surface area contributed by atoms with Crippen LogP contribution in [0.2, 0.25) is 5.02 Å². The molecule has 2 aromatic rings. The lowest BCUT2D eigenvalue weighted by Gasteiger charge is -2.09. The molecule has 0 aliphatic heterocycles. The molecule has 21 heavy (non-hydrogen) atoms. The number of nitriles is 1. The summed E-state index contributed by atoms with van der Waals surface area (Å²) in [5.41, 5.74) is 1.66. The van der Waals surface area contributed by atoms with Gasteiger partial charge in [-0.2, -0.15) is 14.0 Å². The Kier molecular flexibility index (Phi) is 4.90. The van der Waals surface area contributed by atoms with Gasteiger partial charge in [-0.25, -0.2) is 0 Å². The van der Waals surface area contributed by atoms with Crippen molar-refractivity contribution in [2.75, 3.05) is 5.32 Å². The van der Waals surface area contributed by atoms with Crippen LogP contribution in [0.25, 0.3) is 0 Å². The van der Waals surface area contributed by atoms with Gasteiger partial charge in [0, 0.05) is 5.02 Å². The van der Waals surface area contributed by atoms with Crippen molar-refractivity contribution in [3.05, 3.63) is 52.8 Å². The van der Waals surface area contributed by atoms with Crippen LogP contribution in [0.5, 0.6) is 5.75 Å². The van der Waals surface area contributed by atoms with Gasteiger partial charge in [-0.3, -0.25) is 4.98 Å². The Hall–Kier alpha value is -2.39. The number of nitrogens with one attached hydrogen (secondary N) is 1. The van der Waals surface area contributed by atoms with Gasteiger partial charge in [0.1, 0.15) is 11.8 Å². The maximum atomic E-state index is 12.0. The summed E-state index contributed by atoms with van der Waals surface area (Å²) in [4.78, 5) is 3.99. The standard InChI is InChI=1S/C14H10ClF2N3O/c15-10-1-4-13(9(5-10)6-18)20-7-11-2-3-12(8-19-11)21-14(16)17/h1-5,8,14,20H,7H2. The molecule has 0 fully saturated rings. The van der Waals surface area contributed by atoms with Crippen LogP contribution >= 0.6 is 11.6 Å². The molecule has 0 aliphatic rings. The van der Waals surface area contributed by atoms with Crippen molar-refractivity contribution in [2.24, 2.45) is 0 Å². The minimum atomic E-state index is -2.87. The summed E-state index contributed by atoms with van der Waals surface area (Å²) in [5, 5.41) is 12.5. The smallest absolute Gasteiger partial charge is 0.387 e. The van der Waals surface area contributed by atoms with Crippen LogP contribution in [-0.4, -0.2) is 11.6 Å². The summed E-state index contributed by atoms with van der Waals surface area (Å²) in [6, 6.07) is 9.91. The second-order valence-corrected chi connectivity index (χ2v) is 4.46. The molecule has 1 N–H and O–H groups in total. The van der Waals surface area contributed by atoms with Crippen LogP contribution in [0.4, 0.5) is 14.5 Å². The molecule has 0 saturated carbocycles. The number of benzene rings is 1. The lowest BCUT2D eigenvalue weighted by atomic mass is 10.2. The van der Waals surface area contributed by atoms with E-state index in [0.29, 0.717) is 28.5 Å². The minimum Gasteiger partial charge on any atom is -0.433 e. The molecule has 0 unspecified atom stereocenters. The fourth-order valence-corrected chi connectivity index (χ4v) is 1.81. The van der Waals surface area contributed by atoms with Crippen molar-refractivity contribution in [1.82, 2.24) is 4.98 Å². The Morgan fingerprint density at radius 2 is 2.14 bits per heavy atom. The van der Waals surface area contributed by atoms with E-state index in [-0.39, 0.29) is 5.75 Å². The summed E-state index contributed by atoms with van der Waals surface area (Å²) < 4.78 is 28.2. The first-order valence-electron chi connectivity index (χ1n) is 5.92. The Morgan fingerprint density at radius 1 is 1.33 bits per heavy atom. The average molecular weight is 310 g/mol. The number of nitrogens with zero attached hydrogens (tertiary/aromatic N) is 2. The summed E-state index contributed by atoms with van der Waals surface area (Å²) in [6.07, 6.45) is 1.22. The van der Waals surface area contributed by atoms with Crippen molar-refractivity contribution in [3.63, 3.8) is 0 Å². The number of ether oxygens (including phenoxy) is 1. The Balaban J connectivity index is 2.02. The van der Waals surface area contributed by atoms with Crippen LogP contribution in [0.15, 0.2) is 36.5 Å². The quantitative estimate of drug-likeness (QED) is 0.912. The molecule has 0 bridgehead atoms. The molecule has 1 aromatic carbocycles. The number of hydrogen-bond donors (Lipinski definition) is 1. The van der Waals surface area contributed by atoms with E-state index < -0.39 is 6.61 Å². The second-order valence-electron chi connectivity index (χ2n) is 4.02. The van der Waals surface area contributed by atoms with Gasteiger partial charge in [0.15, 0.2) is 0 Å². The van der Waals surface area contributed by atoms with E-state index in [1.54, 1.807) is 24.3 Å². The van der Waals surface area contributed by atoms with Gasteiger partial charge in [0.05, 0.1) is 29.7 Å². The summed E-state index contributed by atoms with van der Waals surface area (Å²) in [6.45, 7) is -2.53. The average Bonchev–Trinajstić information content (AvgIpc) is 2.46. The van der Waals surface area contributed by atoms with Gasteiger partial charge in [-0.05, 0) is 30.3 Å². The molecule has 108 valence electrons. The highest BCUT2D eigenvalue weighted by molar-refractivity contribution is 6.30. The van der Waals surface area contributed by atoms with Crippen molar-refractivity contribution in [2.45, 2.75) is 13.2 Å². The number of halogens is 3. The molecule has 1 heterocycles. The lowest BCUT2D eigenvalue weighted by Crippen LogP contribution is -2.05. The number of pyridine rings is 1. The largest absolute Gasteiger partial charge is 0.433 e. The molecule has 0 amide bonds. The fraction of sp³-hybridized carbons (Fsp3) is 0.143.